The normalized spacial score (nSPS) is 12.4. The number of pyridine rings is 1. The van der Waals surface area contributed by atoms with Crippen molar-refractivity contribution < 1.29 is 4.74 Å². The molecule has 0 spiro atoms. The van der Waals surface area contributed by atoms with Crippen LogP contribution in [0, 0.1) is 6.92 Å². The van der Waals surface area contributed by atoms with Crippen LogP contribution in [0.1, 0.15) is 25.0 Å². The van der Waals surface area contributed by atoms with Crippen LogP contribution in [0.15, 0.2) is 66.3 Å². The van der Waals surface area contributed by atoms with Gasteiger partial charge in [0.25, 0.3) is 0 Å². The fourth-order valence-corrected chi connectivity index (χ4v) is 2.81. The van der Waals surface area contributed by atoms with Crippen LogP contribution >= 0.6 is 0 Å². The fraction of sp³-hybridized carbons (Fsp3) is 0.318. The first kappa shape index (κ1) is 20.4. The zero-order valence-corrected chi connectivity index (χ0v) is 17.2. The summed E-state index contributed by atoms with van der Waals surface area (Å²) in [7, 11) is 0. The molecule has 0 saturated carbocycles. The van der Waals surface area contributed by atoms with Crippen molar-refractivity contribution in [3.63, 3.8) is 0 Å². The van der Waals surface area contributed by atoms with E-state index in [2.05, 4.69) is 38.6 Å². The molecule has 1 aromatic carbocycles. The Kier molecular flexibility index (Phi) is 7.22. The molecule has 29 heavy (non-hydrogen) atoms. The average Bonchev–Trinajstić information content (AvgIpc) is 3.25. The predicted molar refractivity (Wildman–Crippen MR) is 115 cm³/mol. The second-order valence-electron chi connectivity index (χ2n) is 6.81. The van der Waals surface area contributed by atoms with E-state index in [-0.39, 0.29) is 6.10 Å². The molecule has 152 valence electrons. The molecule has 1 unspecified atom stereocenters. The van der Waals surface area contributed by atoms with Gasteiger partial charge in [-0.3, -0.25) is 4.57 Å². The standard InChI is InChI=1S/C22H28N6O/c1-4-24-22(26-14-18(3)29-20-7-5-6-17(2)12-20)27-15-19-8-9-25-21(13-19)28-11-10-23-16-28/h5-13,16,18H,4,14-15H2,1-3H3,(H2,24,26,27). The lowest BCUT2D eigenvalue weighted by atomic mass is 10.2. The number of aromatic nitrogens is 3. The van der Waals surface area contributed by atoms with E-state index < -0.39 is 0 Å². The van der Waals surface area contributed by atoms with Gasteiger partial charge in [-0.1, -0.05) is 12.1 Å². The molecule has 2 aromatic heterocycles. The summed E-state index contributed by atoms with van der Waals surface area (Å²) in [5.41, 5.74) is 2.26. The minimum absolute atomic E-state index is 0.00873. The fourth-order valence-electron chi connectivity index (χ4n) is 2.81. The molecular formula is C22H28N6O. The number of hydrogen-bond acceptors (Lipinski definition) is 4. The SMILES string of the molecule is CCNC(=NCc1ccnc(-n2ccnc2)c1)NCC(C)Oc1cccc(C)c1. The molecule has 2 N–H and O–H groups in total. The molecular weight excluding hydrogens is 364 g/mol. The summed E-state index contributed by atoms with van der Waals surface area (Å²) >= 11 is 0. The van der Waals surface area contributed by atoms with E-state index in [1.165, 1.54) is 5.56 Å². The monoisotopic (exact) mass is 392 g/mol. The van der Waals surface area contributed by atoms with Crippen LogP contribution in [0.2, 0.25) is 0 Å². The number of guanidine groups is 1. The third-order valence-corrected chi connectivity index (χ3v) is 4.23. The Bertz CT molecular complexity index is 923. The molecule has 1 atom stereocenters. The first-order chi connectivity index (χ1) is 14.1. The van der Waals surface area contributed by atoms with E-state index in [0.29, 0.717) is 13.1 Å². The number of benzene rings is 1. The Morgan fingerprint density at radius 1 is 1.21 bits per heavy atom. The summed E-state index contributed by atoms with van der Waals surface area (Å²) in [6, 6.07) is 12.1. The van der Waals surface area contributed by atoms with E-state index >= 15 is 0 Å². The van der Waals surface area contributed by atoms with E-state index in [0.717, 1.165) is 29.6 Å². The van der Waals surface area contributed by atoms with Crippen molar-refractivity contribution in [1.29, 1.82) is 0 Å². The Hall–Kier alpha value is -3.35. The molecule has 2 heterocycles. The Morgan fingerprint density at radius 2 is 2.10 bits per heavy atom. The van der Waals surface area contributed by atoms with Crippen molar-refractivity contribution in [1.82, 2.24) is 25.2 Å². The van der Waals surface area contributed by atoms with E-state index in [1.807, 2.05) is 54.9 Å². The number of aryl methyl sites for hydroxylation is 1. The van der Waals surface area contributed by atoms with Gasteiger partial charge >= 0.3 is 0 Å². The molecule has 3 rings (SSSR count). The van der Waals surface area contributed by atoms with Gasteiger partial charge in [0.1, 0.15) is 24.0 Å². The van der Waals surface area contributed by atoms with Gasteiger partial charge in [-0.25, -0.2) is 15.0 Å². The third-order valence-electron chi connectivity index (χ3n) is 4.23. The highest BCUT2D eigenvalue weighted by molar-refractivity contribution is 5.79. The van der Waals surface area contributed by atoms with Gasteiger partial charge < -0.3 is 15.4 Å². The predicted octanol–water partition coefficient (Wildman–Crippen LogP) is 3.10. The lowest BCUT2D eigenvalue weighted by molar-refractivity contribution is 0.223. The van der Waals surface area contributed by atoms with Gasteiger partial charge in [0.15, 0.2) is 5.96 Å². The minimum Gasteiger partial charge on any atom is -0.489 e. The molecule has 0 fully saturated rings. The average molecular weight is 393 g/mol. The van der Waals surface area contributed by atoms with Crippen molar-refractivity contribution >= 4 is 5.96 Å². The van der Waals surface area contributed by atoms with Crippen LogP contribution in [-0.4, -0.2) is 39.7 Å². The smallest absolute Gasteiger partial charge is 0.191 e. The van der Waals surface area contributed by atoms with Crippen molar-refractivity contribution in [2.45, 2.75) is 33.4 Å². The van der Waals surface area contributed by atoms with Gasteiger partial charge in [-0.2, -0.15) is 0 Å². The van der Waals surface area contributed by atoms with E-state index in [9.17, 15) is 0 Å². The largest absolute Gasteiger partial charge is 0.489 e. The number of rotatable bonds is 8. The lowest BCUT2D eigenvalue weighted by Crippen LogP contribution is -2.41. The van der Waals surface area contributed by atoms with Gasteiger partial charge in [0.2, 0.25) is 0 Å². The quantitative estimate of drug-likeness (QED) is 0.455. The Labute approximate surface area is 171 Å². The summed E-state index contributed by atoms with van der Waals surface area (Å²) in [5, 5.41) is 6.63. The van der Waals surface area contributed by atoms with E-state index in [1.54, 1.807) is 18.7 Å². The minimum atomic E-state index is 0.00873. The number of nitrogens with one attached hydrogen (secondary N) is 2. The first-order valence-electron chi connectivity index (χ1n) is 9.83. The maximum atomic E-state index is 5.98. The Balaban J connectivity index is 1.57. The molecule has 0 saturated heterocycles. The van der Waals surface area contributed by atoms with Crippen LogP contribution in [0.5, 0.6) is 5.75 Å². The van der Waals surface area contributed by atoms with Gasteiger partial charge in [0, 0.05) is 25.1 Å². The second kappa shape index (κ2) is 10.3. The van der Waals surface area contributed by atoms with Crippen LogP contribution in [0.3, 0.4) is 0 Å². The van der Waals surface area contributed by atoms with Crippen molar-refractivity contribution in [3.05, 3.63) is 72.4 Å². The number of aliphatic imine (C=N–C) groups is 1. The molecule has 0 amide bonds. The summed E-state index contributed by atoms with van der Waals surface area (Å²) in [6.07, 6.45) is 7.14. The molecule has 0 aliphatic carbocycles. The van der Waals surface area contributed by atoms with Crippen LogP contribution in [0.4, 0.5) is 0 Å². The lowest BCUT2D eigenvalue weighted by Gasteiger charge is -2.18. The highest BCUT2D eigenvalue weighted by atomic mass is 16.5. The highest BCUT2D eigenvalue weighted by Gasteiger charge is 2.06. The Morgan fingerprint density at radius 3 is 2.86 bits per heavy atom. The van der Waals surface area contributed by atoms with Gasteiger partial charge in [0.05, 0.1) is 13.1 Å². The van der Waals surface area contributed by atoms with Crippen LogP contribution < -0.4 is 15.4 Å². The summed E-state index contributed by atoms with van der Waals surface area (Å²) in [6.45, 7) is 8.13. The van der Waals surface area contributed by atoms with Crippen molar-refractivity contribution in [2.75, 3.05) is 13.1 Å². The van der Waals surface area contributed by atoms with E-state index in [4.69, 9.17) is 4.74 Å². The number of ether oxygens (including phenoxy) is 1. The van der Waals surface area contributed by atoms with Crippen LogP contribution in [-0.2, 0) is 6.54 Å². The van der Waals surface area contributed by atoms with Gasteiger partial charge in [-0.05, 0) is 56.2 Å². The van der Waals surface area contributed by atoms with Crippen molar-refractivity contribution in [2.24, 2.45) is 4.99 Å². The molecule has 7 nitrogen and oxygen atoms in total. The third kappa shape index (κ3) is 6.34. The molecule has 0 aliphatic heterocycles. The van der Waals surface area contributed by atoms with Gasteiger partial charge in [-0.15, -0.1) is 0 Å². The number of nitrogens with zero attached hydrogens (tertiary/aromatic N) is 4. The zero-order chi connectivity index (χ0) is 20.5. The number of hydrogen-bond donors (Lipinski definition) is 2. The molecule has 3 aromatic rings. The highest BCUT2D eigenvalue weighted by Crippen LogP contribution is 2.14. The summed E-state index contributed by atoms with van der Waals surface area (Å²) < 4.78 is 7.86. The zero-order valence-electron chi connectivity index (χ0n) is 17.2. The first-order valence-corrected chi connectivity index (χ1v) is 9.83. The summed E-state index contributed by atoms with van der Waals surface area (Å²) in [4.78, 5) is 13.1. The maximum Gasteiger partial charge on any atom is 0.191 e. The topological polar surface area (TPSA) is 76.4 Å². The van der Waals surface area contributed by atoms with Crippen molar-refractivity contribution in [3.8, 4) is 11.6 Å². The molecule has 0 aliphatic rings. The molecule has 0 radical (unpaired) electrons. The maximum absolute atomic E-state index is 5.98. The summed E-state index contributed by atoms with van der Waals surface area (Å²) in [5.74, 6) is 2.46. The number of imidazole rings is 1. The second-order valence-corrected chi connectivity index (χ2v) is 6.81. The molecule has 7 heteroatoms. The molecule has 0 bridgehead atoms. The van der Waals surface area contributed by atoms with Crippen LogP contribution in [0.25, 0.3) is 5.82 Å².